The minimum atomic E-state index is -2.94. The van der Waals surface area contributed by atoms with Crippen molar-refractivity contribution in [2.75, 3.05) is 32.1 Å². The average Bonchev–Trinajstić information content (AvgIpc) is 2.37. The van der Waals surface area contributed by atoms with Gasteiger partial charge in [-0.2, -0.15) is 0 Å². The number of hydrogen-bond acceptors (Lipinski definition) is 3. The minimum absolute atomic E-state index is 0.104. The lowest BCUT2D eigenvalue weighted by molar-refractivity contribution is 0.600. The van der Waals surface area contributed by atoms with Gasteiger partial charge in [-0.05, 0) is 12.0 Å². The van der Waals surface area contributed by atoms with Gasteiger partial charge in [0.1, 0.15) is 9.84 Å². The van der Waals surface area contributed by atoms with E-state index < -0.39 is 9.84 Å². The molecule has 0 aliphatic heterocycles. The van der Waals surface area contributed by atoms with Crippen molar-refractivity contribution in [2.45, 2.75) is 6.42 Å². The van der Waals surface area contributed by atoms with Gasteiger partial charge in [-0.25, -0.2) is 8.42 Å². The standard InChI is InChI=1S/C13H21N3O2S/c1-14-13(16-10-11-19(2,17)18)15-9-8-12-6-4-3-5-7-12/h3-7H,8-11H2,1-2H3,(H2,14,15,16). The highest BCUT2D eigenvalue weighted by Gasteiger charge is 2.02. The summed E-state index contributed by atoms with van der Waals surface area (Å²) < 4.78 is 22.0. The summed E-state index contributed by atoms with van der Waals surface area (Å²) in [6.45, 7) is 1.12. The minimum Gasteiger partial charge on any atom is -0.356 e. The zero-order valence-electron chi connectivity index (χ0n) is 11.4. The van der Waals surface area contributed by atoms with Crippen LogP contribution in [0.1, 0.15) is 5.56 Å². The van der Waals surface area contributed by atoms with Gasteiger partial charge in [0.2, 0.25) is 0 Å². The van der Waals surface area contributed by atoms with Gasteiger partial charge in [-0.15, -0.1) is 0 Å². The lowest BCUT2D eigenvalue weighted by Gasteiger charge is -2.11. The smallest absolute Gasteiger partial charge is 0.191 e. The second kappa shape index (κ2) is 7.78. The third-order valence-corrected chi connectivity index (χ3v) is 3.48. The van der Waals surface area contributed by atoms with Crippen molar-refractivity contribution in [3.05, 3.63) is 35.9 Å². The van der Waals surface area contributed by atoms with Crippen molar-refractivity contribution >= 4 is 15.8 Å². The molecular formula is C13H21N3O2S. The fraction of sp³-hybridized carbons (Fsp3) is 0.462. The lowest BCUT2D eigenvalue weighted by atomic mass is 10.1. The van der Waals surface area contributed by atoms with E-state index >= 15 is 0 Å². The van der Waals surface area contributed by atoms with Crippen molar-refractivity contribution in [1.82, 2.24) is 10.6 Å². The molecule has 2 N–H and O–H groups in total. The Balaban J connectivity index is 2.26. The Hall–Kier alpha value is -1.56. The van der Waals surface area contributed by atoms with Crippen LogP contribution in [0.4, 0.5) is 0 Å². The second-order valence-corrected chi connectivity index (χ2v) is 6.55. The molecule has 0 saturated heterocycles. The molecule has 1 rings (SSSR count). The number of guanidine groups is 1. The van der Waals surface area contributed by atoms with Crippen LogP contribution in [0.5, 0.6) is 0 Å². The molecule has 0 amide bonds. The summed E-state index contributed by atoms with van der Waals surface area (Å²) in [6.07, 6.45) is 2.12. The van der Waals surface area contributed by atoms with E-state index in [9.17, 15) is 8.42 Å². The molecule has 0 aliphatic carbocycles. The fourth-order valence-electron chi connectivity index (χ4n) is 1.55. The summed E-state index contributed by atoms with van der Waals surface area (Å²) in [4.78, 5) is 4.04. The molecule has 0 spiro atoms. The highest BCUT2D eigenvalue weighted by atomic mass is 32.2. The molecule has 19 heavy (non-hydrogen) atoms. The summed E-state index contributed by atoms with van der Waals surface area (Å²) in [5.74, 6) is 0.728. The normalized spacial score (nSPS) is 12.2. The van der Waals surface area contributed by atoms with Crippen LogP contribution in [0.3, 0.4) is 0 Å². The third kappa shape index (κ3) is 7.46. The maximum atomic E-state index is 11.0. The molecule has 0 heterocycles. The molecule has 0 saturated carbocycles. The number of nitrogens with zero attached hydrogens (tertiary/aromatic N) is 1. The monoisotopic (exact) mass is 283 g/mol. The van der Waals surface area contributed by atoms with Gasteiger partial charge in [0.15, 0.2) is 5.96 Å². The predicted octanol–water partition coefficient (Wildman–Crippen LogP) is 0.439. The van der Waals surface area contributed by atoms with Crippen LogP contribution in [0.15, 0.2) is 35.3 Å². The lowest BCUT2D eigenvalue weighted by Crippen LogP contribution is -2.40. The summed E-state index contributed by atoms with van der Waals surface area (Å²) >= 11 is 0. The summed E-state index contributed by atoms with van der Waals surface area (Å²) in [5.41, 5.74) is 1.25. The molecule has 0 bridgehead atoms. The number of hydrogen-bond donors (Lipinski definition) is 2. The van der Waals surface area contributed by atoms with Crippen LogP contribution in [0, 0.1) is 0 Å². The SMILES string of the molecule is CN=C(NCCc1ccccc1)NCCS(C)(=O)=O. The zero-order chi connectivity index (χ0) is 14.1. The van der Waals surface area contributed by atoms with E-state index in [4.69, 9.17) is 0 Å². The maximum absolute atomic E-state index is 11.0. The van der Waals surface area contributed by atoms with Crippen LogP contribution < -0.4 is 10.6 Å². The van der Waals surface area contributed by atoms with Gasteiger partial charge in [0, 0.05) is 26.4 Å². The quantitative estimate of drug-likeness (QED) is 0.587. The Bertz CT molecular complexity index is 498. The molecule has 106 valence electrons. The zero-order valence-corrected chi connectivity index (χ0v) is 12.2. The third-order valence-electron chi connectivity index (χ3n) is 2.54. The largest absolute Gasteiger partial charge is 0.356 e. The van der Waals surface area contributed by atoms with Crippen molar-refractivity contribution in [2.24, 2.45) is 4.99 Å². The topological polar surface area (TPSA) is 70.6 Å². The molecule has 1 aromatic rings. The first-order chi connectivity index (χ1) is 9.01. The molecule has 0 fully saturated rings. The van der Waals surface area contributed by atoms with E-state index in [-0.39, 0.29) is 5.75 Å². The van der Waals surface area contributed by atoms with Gasteiger partial charge in [0.25, 0.3) is 0 Å². The molecule has 0 atom stereocenters. The number of rotatable bonds is 6. The number of sulfone groups is 1. The van der Waals surface area contributed by atoms with Crippen LogP contribution in [0.25, 0.3) is 0 Å². The molecule has 0 unspecified atom stereocenters. The number of benzene rings is 1. The fourth-order valence-corrected chi connectivity index (χ4v) is 2.02. The van der Waals surface area contributed by atoms with E-state index in [0.717, 1.165) is 13.0 Å². The van der Waals surface area contributed by atoms with E-state index in [2.05, 4.69) is 27.8 Å². The van der Waals surface area contributed by atoms with E-state index in [1.165, 1.54) is 11.8 Å². The molecule has 0 radical (unpaired) electrons. The first-order valence-corrected chi connectivity index (χ1v) is 8.23. The first kappa shape index (κ1) is 15.5. The summed E-state index contributed by atoms with van der Waals surface area (Å²) in [7, 11) is -1.27. The van der Waals surface area contributed by atoms with Crippen molar-refractivity contribution < 1.29 is 8.42 Å². The van der Waals surface area contributed by atoms with Crippen molar-refractivity contribution in [1.29, 1.82) is 0 Å². The molecule has 0 aliphatic rings. The van der Waals surface area contributed by atoms with Gasteiger partial charge < -0.3 is 10.6 Å². The highest BCUT2D eigenvalue weighted by molar-refractivity contribution is 7.90. The Kier molecular flexibility index (Phi) is 6.35. The van der Waals surface area contributed by atoms with Gasteiger partial charge in [-0.1, -0.05) is 30.3 Å². The average molecular weight is 283 g/mol. The second-order valence-electron chi connectivity index (χ2n) is 4.29. The molecular weight excluding hydrogens is 262 g/mol. The van der Waals surface area contributed by atoms with Crippen molar-refractivity contribution in [3.8, 4) is 0 Å². The summed E-state index contributed by atoms with van der Waals surface area (Å²) in [5, 5.41) is 6.12. The van der Waals surface area contributed by atoms with Gasteiger partial charge >= 0.3 is 0 Å². The highest BCUT2D eigenvalue weighted by Crippen LogP contribution is 1.97. The molecule has 0 aromatic heterocycles. The van der Waals surface area contributed by atoms with E-state index in [1.54, 1.807) is 7.05 Å². The van der Waals surface area contributed by atoms with Crippen LogP contribution in [0.2, 0.25) is 0 Å². The van der Waals surface area contributed by atoms with Crippen LogP contribution in [-0.4, -0.2) is 46.5 Å². The predicted molar refractivity (Wildman–Crippen MR) is 79.2 cm³/mol. The Labute approximate surface area is 115 Å². The van der Waals surface area contributed by atoms with Crippen LogP contribution >= 0.6 is 0 Å². The van der Waals surface area contributed by atoms with Crippen LogP contribution in [-0.2, 0) is 16.3 Å². The van der Waals surface area contributed by atoms with Gasteiger partial charge in [0.05, 0.1) is 5.75 Å². The van der Waals surface area contributed by atoms with Crippen molar-refractivity contribution in [3.63, 3.8) is 0 Å². The van der Waals surface area contributed by atoms with E-state index in [0.29, 0.717) is 12.5 Å². The molecule has 6 heteroatoms. The van der Waals surface area contributed by atoms with Gasteiger partial charge in [-0.3, -0.25) is 4.99 Å². The Morgan fingerprint density at radius 3 is 2.37 bits per heavy atom. The Morgan fingerprint density at radius 1 is 1.16 bits per heavy atom. The molecule has 1 aromatic carbocycles. The molecule has 5 nitrogen and oxygen atoms in total. The Morgan fingerprint density at radius 2 is 1.79 bits per heavy atom. The summed E-state index contributed by atoms with van der Waals surface area (Å²) in [6, 6.07) is 10.1. The number of aliphatic imine (C=N–C) groups is 1. The maximum Gasteiger partial charge on any atom is 0.191 e. The van der Waals surface area contributed by atoms with E-state index in [1.807, 2.05) is 18.2 Å². The first-order valence-electron chi connectivity index (χ1n) is 6.17. The number of nitrogens with one attached hydrogen (secondary N) is 2.